The number of nitrogens with zero attached hydrogens (tertiary/aromatic N) is 2. The van der Waals surface area contributed by atoms with Gasteiger partial charge in [0.15, 0.2) is 0 Å². The van der Waals surface area contributed by atoms with E-state index in [1.807, 2.05) is 48.9 Å². The first-order valence-electron chi connectivity index (χ1n) is 6.03. The van der Waals surface area contributed by atoms with Crippen molar-refractivity contribution in [3.8, 4) is 0 Å². The summed E-state index contributed by atoms with van der Waals surface area (Å²) in [6, 6.07) is 11.4. The van der Waals surface area contributed by atoms with Gasteiger partial charge in [-0.2, -0.15) is 0 Å². The van der Waals surface area contributed by atoms with Crippen molar-refractivity contribution in [2.75, 3.05) is 5.32 Å². The van der Waals surface area contributed by atoms with Gasteiger partial charge >= 0.3 is 0 Å². The molecule has 0 atom stereocenters. The number of hydrogen-bond donors (Lipinski definition) is 2. The number of aromatic amines is 1. The lowest BCUT2D eigenvalue weighted by molar-refractivity contribution is 0.101. The van der Waals surface area contributed by atoms with Crippen LogP contribution in [0.25, 0.3) is 11.0 Å². The summed E-state index contributed by atoms with van der Waals surface area (Å²) in [5, 5.41) is 2.78. The third kappa shape index (κ3) is 1.99. The zero-order chi connectivity index (χ0) is 13.4. The molecule has 3 aromatic rings. The Kier molecular flexibility index (Phi) is 2.59. The highest BCUT2D eigenvalue weighted by Crippen LogP contribution is 2.14. The molecule has 0 unspecified atom stereocenters. The Morgan fingerprint density at radius 2 is 2.05 bits per heavy atom. The Morgan fingerprint density at radius 3 is 2.74 bits per heavy atom. The first kappa shape index (κ1) is 11.5. The Hall–Kier alpha value is -2.56. The third-order valence-corrected chi connectivity index (χ3v) is 3.23. The molecule has 0 aliphatic rings. The lowest BCUT2D eigenvalue weighted by atomic mass is 10.3. The van der Waals surface area contributed by atoms with Crippen molar-refractivity contribution in [1.82, 2.24) is 14.5 Å². The summed E-state index contributed by atoms with van der Waals surface area (Å²) < 4.78 is 1.85. The Bertz CT molecular complexity index is 721. The smallest absolute Gasteiger partial charge is 0.274 e. The van der Waals surface area contributed by atoms with Gasteiger partial charge in [0.1, 0.15) is 5.69 Å². The average Bonchev–Trinajstić information content (AvgIpc) is 2.93. The maximum absolute atomic E-state index is 12.1. The Morgan fingerprint density at radius 1 is 1.26 bits per heavy atom. The highest BCUT2D eigenvalue weighted by atomic mass is 16.2. The van der Waals surface area contributed by atoms with Gasteiger partial charge in [-0.15, -0.1) is 0 Å². The van der Waals surface area contributed by atoms with Crippen molar-refractivity contribution in [1.29, 1.82) is 0 Å². The summed E-state index contributed by atoms with van der Waals surface area (Å²) in [6.07, 6.45) is 0. The molecule has 0 saturated heterocycles. The molecule has 0 aliphatic carbocycles. The van der Waals surface area contributed by atoms with Crippen LogP contribution >= 0.6 is 0 Å². The predicted octanol–water partition coefficient (Wildman–Crippen LogP) is 2.46. The monoisotopic (exact) mass is 254 g/mol. The van der Waals surface area contributed by atoms with Gasteiger partial charge in [-0.25, -0.2) is 4.98 Å². The molecule has 5 nitrogen and oxygen atoms in total. The van der Waals surface area contributed by atoms with Crippen molar-refractivity contribution in [2.24, 2.45) is 7.05 Å². The highest BCUT2D eigenvalue weighted by Gasteiger charge is 2.12. The quantitative estimate of drug-likeness (QED) is 0.738. The Labute approximate surface area is 110 Å². The number of para-hydroxylation sites is 2. The second-order valence-electron chi connectivity index (χ2n) is 4.48. The number of fused-ring (bicyclic) bond motifs is 1. The van der Waals surface area contributed by atoms with Crippen LogP contribution in [0.1, 0.15) is 16.2 Å². The van der Waals surface area contributed by atoms with Crippen LogP contribution in [0.2, 0.25) is 0 Å². The van der Waals surface area contributed by atoms with Crippen LogP contribution in [0.5, 0.6) is 0 Å². The minimum atomic E-state index is -0.172. The van der Waals surface area contributed by atoms with E-state index < -0.39 is 0 Å². The molecule has 2 N–H and O–H groups in total. The maximum Gasteiger partial charge on any atom is 0.274 e. The molecule has 2 heterocycles. The number of aryl methyl sites for hydroxylation is 1. The lowest BCUT2D eigenvalue weighted by Crippen LogP contribution is -2.16. The van der Waals surface area contributed by atoms with Gasteiger partial charge in [0.2, 0.25) is 5.95 Å². The molecule has 0 spiro atoms. The van der Waals surface area contributed by atoms with E-state index in [2.05, 4.69) is 15.3 Å². The molecule has 96 valence electrons. The number of H-pyrrole nitrogens is 1. The van der Waals surface area contributed by atoms with E-state index in [0.717, 1.165) is 16.7 Å². The van der Waals surface area contributed by atoms with Crippen LogP contribution < -0.4 is 5.32 Å². The molecule has 0 aliphatic heterocycles. The topological polar surface area (TPSA) is 62.7 Å². The van der Waals surface area contributed by atoms with Crippen molar-refractivity contribution < 1.29 is 4.79 Å². The number of hydrogen-bond acceptors (Lipinski definition) is 2. The summed E-state index contributed by atoms with van der Waals surface area (Å²) in [5.74, 6) is 0.291. The average molecular weight is 254 g/mol. The van der Waals surface area contributed by atoms with E-state index in [9.17, 15) is 4.79 Å². The second kappa shape index (κ2) is 4.28. The number of anilines is 1. The van der Waals surface area contributed by atoms with Crippen LogP contribution in [0.3, 0.4) is 0 Å². The van der Waals surface area contributed by atoms with Crippen LogP contribution in [0.4, 0.5) is 5.95 Å². The highest BCUT2D eigenvalue weighted by molar-refractivity contribution is 6.03. The van der Waals surface area contributed by atoms with E-state index in [-0.39, 0.29) is 5.91 Å². The van der Waals surface area contributed by atoms with Gasteiger partial charge in [-0.3, -0.25) is 10.1 Å². The van der Waals surface area contributed by atoms with Crippen LogP contribution in [0, 0.1) is 6.92 Å². The minimum Gasteiger partial charge on any atom is -0.344 e. The number of carbonyl (C=O) groups is 1. The van der Waals surface area contributed by atoms with Crippen molar-refractivity contribution in [3.63, 3.8) is 0 Å². The van der Waals surface area contributed by atoms with Crippen LogP contribution in [-0.2, 0) is 7.05 Å². The normalized spacial score (nSPS) is 10.8. The fourth-order valence-electron chi connectivity index (χ4n) is 2.02. The molecule has 5 heteroatoms. The molecule has 1 amide bonds. The molecule has 0 radical (unpaired) electrons. The summed E-state index contributed by atoms with van der Waals surface area (Å²) in [6.45, 7) is 1.96. The van der Waals surface area contributed by atoms with Crippen molar-refractivity contribution >= 4 is 22.9 Å². The van der Waals surface area contributed by atoms with Gasteiger partial charge in [-0.1, -0.05) is 12.1 Å². The number of rotatable bonds is 2. The molecule has 0 saturated carbocycles. The molecule has 0 bridgehead atoms. The molecular formula is C14H14N4O. The maximum atomic E-state index is 12.1. The number of benzene rings is 1. The fraction of sp³-hybridized carbons (Fsp3) is 0.143. The largest absolute Gasteiger partial charge is 0.344 e. The number of amides is 1. The first-order chi connectivity index (χ1) is 9.15. The predicted molar refractivity (Wildman–Crippen MR) is 74.2 cm³/mol. The molecule has 2 aromatic heterocycles. The number of aromatic nitrogens is 3. The number of carbonyl (C=O) groups excluding carboxylic acids is 1. The van der Waals surface area contributed by atoms with E-state index in [4.69, 9.17) is 0 Å². The lowest BCUT2D eigenvalue weighted by Gasteiger charge is -2.04. The van der Waals surface area contributed by atoms with Gasteiger partial charge in [0.25, 0.3) is 5.91 Å². The summed E-state index contributed by atoms with van der Waals surface area (Å²) in [5.41, 5.74) is 3.38. The standard InChI is InChI=1S/C14H14N4O/c1-9-7-8-12(18(9)2)13(19)17-14-15-10-5-3-4-6-11(10)16-14/h3-8H,1-2H3,(H2,15,16,17,19). The zero-order valence-corrected chi connectivity index (χ0v) is 10.8. The van der Waals surface area contributed by atoms with E-state index in [1.165, 1.54) is 0 Å². The van der Waals surface area contributed by atoms with Crippen LogP contribution in [-0.4, -0.2) is 20.4 Å². The van der Waals surface area contributed by atoms with E-state index in [0.29, 0.717) is 11.6 Å². The molecule has 0 fully saturated rings. The molecule has 1 aromatic carbocycles. The molecule has 3 rings (SSSR count). The number of imidazole rings is 1. The summed E-state index contributed by atoms with van der Waals surface area (Å²) in [4.78, 5) is 19.5. The Balaban J connectivity index is 1.88. The minimum absolute atomic E-state index is 0.172. The van der Waals surface area contributed by atoms with Gasteiger partial charge in [-0.05, 0) is 31.2 Å². The van der Waals surface area contributed by atoms with Gasteiger partial charge in [0, 0.05) is 12.7 Å². The summed E-state index contributed by atoms with van der Waals surface area (Å²) in [7, 11) is 1.86. The molecular weight excluding hydrogens is 240 g/mol. The van der Waals surface area contributed by atoms with Gasteiger partial charge < -0.3 is 9.55 Å². The van der Waals surface area contributed by atoms with E-state index >= 15 is 0 Å². The number of nitrogens with one attached hydrogen (secondary N) is 2. The SMILES string of the molecule is Cc1ccc(C(=O)Nc2nc3ccccc3[nH]2)n1C. The third-order valence-electron chi connectivity index (χ3n) is 3.23. The van der Waals surface area contributed by atoms with Crippen molar-refractivity contribution in [2.45, 2.75) is 6.92 Å². The van der Waals surface area contributed by atoms with Crippen LogP contribution in [0.15, 0.2) is 36.4 Å². The molecule has 19 heavy (non-hydrogen) atoms. The summed E-state index contributed by atoms with van der Waals surface area (Å²) >= 11 is 0. The van der Waals surface area contributed by atoms with Crippen molar-refractivity contribution in [3.05, 3.63) is 47.8 Å². The zero-order valence-electron chi connectivity index (χ0n) is 10.8. The second-order valence-corrected chi connectivity index (χ2v) is 4.48. The first-order valence-corrected chi connectivity index (χ1v) is 6.03. The fourth-order valence-corrected chi connectivity index (χ4v) is 2.02. The van der Waals surface area contributed by atoms with E-state index in [1.54, 1.807) is 6.07 Å². The van der Waals surface area contributed by atoms with Gasteiger partial charge in [0.05, 0.1) is 11.0 Å².